The van der Waals surface area contributed by atoms with E-state index in [9.17, 15) is 23.1 Å². The number of rotatable bonds is 5. The van der Waals surface area contributed by atoms with Gasteiger partial charge in [-0.3, -0.25) is 9.59 Å². The van der Waals surface area contributed by atoms with Gasteiger partial charge >= 0.3 is 0 Å². The van der Waals surface area contributed by atoms with Gasteiger partial charge in [0.1, 0.15) is 11.3 Å². The van der Waals surface area contributed by atoms with Crippen molar-refractivity contribution in [2.75, 3.05) is 26.1 Å². The molecular weight excluding hydrogens is 396 g/mol. The molecule has 1 aliphatic carbocycles. The number of hydrogen-bond acceptors (Lipinski definition) is 7. The molecule has 1 saturated carbocycles. The van der Waals surface area contributed by atoms with E-state index in [1.165, 1.54) is 0 Å². The molecule has 7 nitrogen and oxygen atoms in total. The van der Waals surface area contributed by atoms with Crippen LogP contribution >= 0.6 is 0 Å². The Hall–Kier alpha value is -2.03. The molecule has 158 valence electrons. The average molecular weight is 422 g/mol. The molecule has 0 aromatic heterocycles. The van der Waals surface area contributed by atoms with E-state index >= 15 is 0 Å². The first-order valence-electron chi connectivity index (χ1n) is 9.66. The van der Waals surface area contributed by atoms with Gasteiger partial charge in [-0.2, -0.15) is 0 Å². The van der Waals surface area contributed by atoms with Crippen molar-refractivity contribution in [2.45, 2.75) is 50.5 Å². The number of benzene rings is 1. The minimum atomic E-state index is -3.49. The minimum absolute atomic E-state index is 0.0265. The molecular formula is C21H26O7S. The van der Waals surface area contributed by atoms with Crippen LogP contribution in [0.3, 0.4) is 0 Å². The summed E-state index contributed by atoms with van der Waals surface area (Å²) in [6, 6.07) is 1.54. The van der Waals surface area contributed by atoms with Crippen LogP contribution in [0.2, 0.25) is 0 Å². The highest BCUT2D eigenvalue weighted by Crippen LogP contribution is 2.41. The van der Waals surface area contributed by atoms with Gasteiger partial charge in [-0.05, 0) is 43.9 Å². The number of aryl methyl sites for hydroxylation is 1. The van der Waals surface area contributed by atoms with Gasteiger partial charge < -0.3 is 14.6 Å². The Kier molecular flexibility index (Phi) is 6.26. The SMILES string of the molecule is COCCOC1CCS(=O)(=O)c2c(C)cc(C(O)=C3C(=O)CCCC3=O)c(C)c21. The van der Waals surface area contributed by atoms with Crippen molar-refractivity contribution >= 4 is 27.2 Å². The van der Waals surface area contributed by atoms with E-state index in [-0.39, 0.29) is 52.8 Å². The predicted octanol–water partition coefficient (Wildman–Crippen LogP) is 2.78. The van der Waals surface area contributed by atoms with Crippen LogP contribution in [0.15, 0.2) is 16.5 Å². The number of carbonyl (C=O) groups is 2. The predicted molar refractivity (Wildman–Crippen MR) is 107 cm³/mol. The molecule has 2 aliphatic rings. The highest BCUT2D eigenvalue weighted by Gasteiger charge is 2.36. The van der Waals surface area contributed by atoms with E-state index in [1.807, 2.05) is 0 Å². The lowest BCUT2D eigenvalue weighted by Crippen LogP contribution is -2.26. The van der Waals surface area contributed by atoms with Crippen molar-refractivity contribution in [1.29, 1.82) is 0 Å². The monoisotopic (exact) mass is 422 g/mol. The van der Waals surface area contributed by atoms with Crippen molar-refractivity contribution in [3.63, 3.8) is 0 Å². The number of Topliss-reactive ketones (excluding diaryl/α,β-unsaturated/α-hetero) is 2. The van der Waals surface area contributed by atoms with Crippen LogP contribution in [0.4, 0.5) is 0 Å². The molecule has 1 aromatic rings. The topological polar surface area (TPSA) is 107 Å². The van der Waals surface area contributed by atoms with Gasteiger partial charge in [0.25, 0.3) is 0 Å². The Bertz CT molecular complexity index is 971. The number of carbonyl (C=O) groups excluding carboxylic acids is 2. The average Bonchev–Trinajstić information content (AvgIpc) is 2.65. The number of ketones is 2. The van der Waals surface area contributed by atoms with Crippen molar-refractivity contribution in [3.05, 3.63) is 33.9 Å². The molecule has 0 amide bonds. The van der Waals surface area contributed by atoms with Crippen LogP contribution in [0, 0.1) is 13.8 Å². The molecule has 1 aliphatic heterocycles. The fourth-order valence-electron chi connectivity index (χ4n) is 4.13. The third kappa shape index (κ3) is 4.01. The van der Waals surface area contributed by atoms with E-state index in [0.717, 1.165) is 0 Å². The molecule has 1 atom stereocenters. The van der Waals surface area contributed by atoms with Gasteiger partial charge in [0.15, 0.2) is 21.4 Å². The summed E-state index contributed by atoms with van der Waals surface area (Å²) in [5.74, 6) is -1.16. The molecule has 1 fully saturated rings. The van der Waals surface area contributed by atoms with E-state index in [1.54, 1.807) is 27.0 Å². The highest BCUT2D eigenvalue weighted by atomic mass is 32.2. The van der Waals surface area contributed by atoms with Crippen LogP contribution in [-0.4, -0.2) is 51.2 Å². The lowest BCUT2D eigenvalue weighted by molar-refractivity contribution is -0.123. The van der Waals surface area contributed by atoms with Gasteiger partial charge in [0.2, 0.25) is 0 Å². The number of sulfone groups is 1. The lowest BCUT2D eigenvalue weighted by Gasteiger charge is -2.30. The van der Waals surface area contributed by atoms with Crippen molar-refractivity contribution in [2.24, 2.45) is 0 Å². The molecule has 8 heteroatoms. The van der Waals surface area contributed by atoms with Crippen LogP contribution in [0.1, 0.15) is 54.0 Å². The smallest absolute Gasteiger partial charge is 0.179 e. The van der Waals surface area contributed by atoms with Crippen molar-refractivity contribution < 1.29 is 32.6 Å². The van der Waals surface area contributed by atoms with Crippen LogP contribution < -0.4 is 0 Å². The van der Waals surface area contributed by atoms with Crippen LogP contribution in [0.25, 0.3) is 5.76 Å². The molecule has 0 spiro atoms. The maximum absolute atomic E-state index is 12.7. The molecule has 1 N–H and O–H groups in total. The zero-order valence-electron chi connectivity index (χ0n) is 16.9. The Balaban J connectivity index is 2.20. The first-order chi connectivity index (χ1) is 13.7. The van der Waals surface area contributed by atoms with E-state index in [0.29, 0.717) is 41.9 Å². The maximum Gasteiger partial charge on any atom is 0.179 e. The quantitative estimate of drug-likeness (QED) is 0.336. The molecule has 1 aromatic carbocycles. The minimum Gasteiger partial charge on any atom is -0.506 e. The molecule has 0 radical (unpaired) electrons. The van der Waals surface area contributed by atoms with Crippen LogP contribution in [0.5, 0.6) is 0 Å². The fraction of sp³-hybridized carbons (Fsp3) is 0.524. The summed E-state index contributed by atoms with van der Waals surface area (Å²) in [6.45, 7) is 4.01. The number of fused-ring (bicyclic) bond motifs is 1. The fourth-order valence-corrected chi connectivity index (χ4v) is 6.02. The number of allylic oxidation sites excluding steroid dienone is 1. The van der Waals surface area contributed by atoms with Gasteiger partial charge in [-0.25, -0.2) is 8.42 Å². The second-order valence-corrected chi connectivity index (χ2v) is 9.54. The largest absolute Gasteiger partial charge is 0.506 e. The second-order valence-electron chi connectivity index (χ2n) is 7.49. The number of methoxy groups -OCH3 is 1. The molecule has 29 heavy (non-hydrogen) atoms. The Morgan fingerprint density at radius 2 is 1.83 bits per heavy atom. The zero-order valence-corrected chi connectivity index (χ0v) is 17.7. The lowest BCUT2D eigenvalue weighted by atomic mass is 9.86. The normalized spacial score (nSPS) is 21.2. The van der Waals surface area contributed by atoms with Crippen molar-refractivity contribution in [1.82, 2.24) is 0 Å². The molecule has 3 rings (SSSR count). The van der Waals surface area contributed by atoms with Crippen molar-refractivity contribution in [3.8, 4) is 0 Å². The Labute approximate surface area is 170 Å². The Morgan fingerprint density at radius 3 is 2.45 bits per heavy atom. The second kappa shape index (κ2) is 8.38. The van der Waals surface area contributed by atoms with E-state index in [4.69, 9.17) is 9.47 Å². The summed E-state index contributed by atoms with van der Waals surface area (Å²) in [5, 5.41) is 10.9. The summed E-state index contributed by atoms with van der Waals surface area (Å²) in [5.41, 5.74) is 1.58. The number of aliphatic hydroxyl groups is 1. The first-order valence-corrected chi connectivity index (χ1v) is 11.3. The molecule has 1 unspecified atom stereocenters. The third-order valence-corrected chi connectivity index (χ3v) is 7.45. The molecule has 1 heterocycles. The molecule has 0 bridgehead atoms. The van der Waals surface area contributed by atoms with Gasteiger partial charge in [-0.1, -0.05) is 0 Å². The zero-order chi connectivity index (χ0) is 21.3. The summed E-state index contributed by atoms with van der Waals surface area (Å²) < 4.78 is 36.4. The first kappa shape index (κ1) is 21.7. The summed E-state index contributed by atoms with van der Waals surface area (Å²) in [6.07, 6.45) is 0.719. The van der Waals surface area contributed by atoms with Crippen LogP contribution in [-0.2, 0) is 28.9 Å². The van der Waals surface area contributed by atoms with Gasteiger partial charge in [-0.15, -0.1) is 0 Å². The van der Waals surface area contributed by atoms with E-state index in [2.05, 4.69) is 0 Å². The standard InChI is InChI=1S/C21H26O7S/c1-12-11-14(20(24)19-15(22)5-4-6-16(19)23)13(2)18-17(28-9-8-27-3)7-10-29(25,26)21(12)18/h11,17,24H,4-10H2,1-3H3. The molecule has 0 saturated heterocycles. The number of ether oxygens (including phenoxy) is 2. The van der Waals surface area contributed by atoms with Gasteiger partial charge in [0.05, 0.1) is 30.0 Å². The van der Waals surface area contributed by atoms with E-state index < -0.39 is 15.9 Å². The highest BCUT2D eigenvalue weighted by molar-refractivity contribution is 7.91. The third-order valence-electron chi connectivity index (χ3n) is 5.52. The maximum atomic E-state index is 12.7. The number of hydrogen-bond donors (Lipinski definition) is 1. The summed E-state index contributed by atoms with van der Waals surface area (Å²) in [7, 11) is -1.94. The van der Waals surface area contributed by atoms with Gasteiger partial charge in [0, 0.05) is 31.1 Å². The number of aliphatic hydroxyl groups excluding tert-OH is 1. The Morgan fingerprint density at radius 1 is 1.17 bits per heavy atom. The summed E-state index contributed by atoms with van der Waals surface area (Å²) in [4.78, 5) is 24.8. The summed E-state index contributed by atoms with van der Waals surface area (Å²) >= 11 is 0.